The van der Waals surface area contributed by atoms with E-state index in [1.165, 1.54) is 76.5 Å². The lowest BCUT2D eigenvalue weighted by molar-refractivity contribution is 0.105. The molecule has 2 saturated heterocycles. The summed E-state index contributed by atoms with van der Waals surface area (Å²) in [6, 6.07) is 5.06. The maximum Gasteiger partial charge on any atom is 0.0450 e. The number of piperazine rings is 1. The number of likely N-dealkylation sites (tertiary alicyclic amines) is 1. The summed E-state index contributed by atoms with van der Waals surface area (Å²) in [6.07, 6.45) is 4.53. The lowest BCUT2D eigenvalue weighted by Crippen LogP contribution is -2.49. The number of aryl methyl sites for hydroxylation is 1. The molecular weight excluding hydrogens is 296 g/mol. The zero-order chi connectivity index (χ0) is 16.9. The van der Waals surface area contributed by atoms with Crippen LogP contribution in [0.4, 0.5) is 0 Å². The van der Waals surface area contributed by atoms with Crippen LogP contribution >= 0.6 is 0 Å². The Morgan fingerprint density at radius 3 is 2.54 bits per heavy atom. The second kappa shape index (κ2) is 8.41. The van der Waals surface area contributed by atoms with Crippen LogP contribution in [0.15, 0.2) is 18.3 Å². The molecule has 0 radical (unpaired) electrons. The average molecular weight is 331 g/mol. The quantitative estimate of drug-likeness (QED) is 0.799. The fourth-order valence-electron chi connectivity index (χ4n) is 4.08. The molecule has 1 aromatic heterocycles. The van der Waals surface area contributed by atoms with Gasteiger partial charge in [0.25, 0.3) is 0 Å². The summed E-state index contributed by atoms with van der Waals surface area (Å²) in [7, 11) is 0. The Balaban J connectivity index is 1.35. The van der Waals surface area contributed by atoms with Crippen LogP contribution in [-0.4, -0.2) is 78.1 Å². The van der Waals surface area contributed by atoms with Crippen molar-refractivity contribution >= 4 is 0 Å². The van der Waals surface area contributed by atoms with Gasteiger partial charge < -0.3 is 9.80 Å². The average Bonchev–Trinajstić information content (AvgIpc) is 3.04. The second-order valence-electron chi connectivity index (χ2n) is 7.87. The van der Waals surface area contributed by atoms with E-state index in [1.54, 1.807) is 0 Å². The highest BCUT2D eigenvalue weighted by atomic mass is 15.3. The molecule has 1 aromatic rings. The molecule has 0 amide bonds. The lowest BCUT2D eigenvalue weighted by Gasteiger charge is -2.37. The van der Waals surface area contributed by atoms with E-state index in [-0.39, 0.29) is 0 Å². The molecule has 0 bridgehead atoms. The van der Waals surface area contributed by atoms with E-state index in [0.717, 1.165) is 0 Å². The minimum atomic E-state index is 0.638. The van der Waals surface area contributed by atoms with Gasteiger partial charge in [-0.15, -0.1) is 0 Å². The minimum absolute atomic E-state index is 0.638. The van der Waals surface area contributed by atoms with Gasteiger partial charge in [-0.25, -0.2) is 0 Å². The first-order chi connectivity index (χ1) is 11.6. The Labute approximate surface area is 147 Å². The van der Waals surface area contributed by atoms with E-state index in [0.29, 0.717) is 12.0 Å². The molecule has 2 fully saturated rings. The van der Waals surface area contributed by atoms with Crippen molar-refractivity contribution in [1.29, 1.82) is 0 Å². The lowest BCUT2D eigenvalue weighted by atomic mass is 10.0. The van der Waals surface area contributed by atoms with Crippen molar-refractivity contribution in [3.63, 3.8) is 0 Å². The highest BCUT2D eigenvalue weighted by Crippen LogP contribution is 2.26. The summed E-state index contributed by atoms with van der Waals surface area (Å²) in [5, 5.41) is 0. The molecule has 0 aliphatic carbocycles. The van der Waals surface area contributed by atoms with Gasteiger partial charge in [-0.05, 0) is 70.9 Å². The molecule has 0 spiro atoms. The van der Waals surface area contributed by atoms with Crippen molar-refractivity contribution in [1.82, 2.24) is 19.7 Å². The van der Waals surface area contributed by atoms with E-state index in [2.05, 4.69) is 52.6 Å². The number of hydrogen-bond acceptors (Lipinski definition) is 4. The molecule has 134 valence electrons. The van der Waals surface area contributed by atoms with Gasteiger partial charge in [0.15, 0.2) is 0 Å². The molecule has 3 rings (SSSR count). The molecular formula is C20H34N4. The van der Waals surface area contributed by atoms with E-state index >= 15 is 0 Å². The van der Waals surface area contributed by atoms with Gasteiger partial charge in [-0.1, -0.05) is 0 Å². The van der Waals surface area contributed by atoms with Crippen molar-refractivity contribution in [3.05, 3.63) is 29.6 Å². The molecule has 0 aromatic carbocycles. The van der Waals surface area contributed by atoms with Gasteiger partial charge in [-0.2, -0.15) is 0 Å². The Morgan fingerprint density at radius 2 is 1.83 bits per heavy atom. The zero-order valence-electron chi connectivity index (χ0n) is 15.7. The molecule has 3 heterocycles. The number of hydrogen-bond donors (Lipinski definition) is 0. The van der Waals surface area contributed by atoms with Crippen LogP contribution < -0.4 is 0 Å². The van der Waals surface area contributed by atoms with E-state index < -0.39 is 0 Å². The SMILES string of the molecule is Cc1ccnc(C2CCN(CCCN3CCN(C(C)C)CC3)C2)c1. The topological polar surface area (TPSA) is 22.6 Å². The van der Waals surface area contributed by atoms with Crippen molar-refractivity contribution in [2.75, 3.05) is 52.4 Å². The number of pyridine rings is 1. The van der Waals surface area contributed by atoms with Crippen LogP contribution in [0.1, 0.15) is 43.9 Å². The highest BCUT2D eigenvalue weighted by molar-refractivity contribution is 5.19. The maximum atomic E-state index is 4.59. The van der Waals surface area contributed by atoms with Crippen LogP contribution in [0, 0.1) is 6.92 Å². The fourth-order valence-corrected chi connectivity index (χ4v) is 4.08. The van der Waals surface area contributed by atoms with Crippen LogP contribution in [0.5, 0.6) is 0 Å². The predicted octanol–water partition coefficient (Wildman–Crippen LogP) is 2.60. The first kappa shape index (κ1) is 17.8. The first-order valence-corrected chi connectivity index (χ1v) is 9.73. The van der Waals surface area contributed by atoms with Gasteiger partial charge in [0.2, 0.25) is 0 Å². The van der Waals surface area contributed by atoms with Gasteiger partial charge in [-0.3, -0.25) is 9.88 Å². The Hall–Kier alpha value is -0.970. The maximum absolute atomic E-state index is 4.59. The monoisotopic (exact) mass is 330 g/mol. The van der Waals surface area contributed by atoms with Crippen LogP contribution in [0.2, 0.25) is 0 Å². The smallest absolute Gasteiger partial charge is 0.0450 e. The predicted molar refractivity (Wildman–Crippen MR) is 101 cm³/mol. The third-order valence-electron chi connectivity index (χ3n) is 5.71. The minimum Gasteiger partial charge on any atom is -0.303 e. The van der Waals surface area contributed by atoms with Crippen LogP contribution in [-0.2, 0) is 0 Å². The van der Waals surface area contributed by atoms with Gasteiger partial charge in [0.1, 0.15) is 0 Å². The second-order valence-corrected chi connectivity index (χ2v) is 7.87. The third-order valence-corrected chi connectivity index (χ3v) is 5.71. The largest absolute Gasteiger partial charge is 0.303 e. The summed E-state index contributed by atoms with van der Waals surface area (Å²) in [5.41, 5.74) is 2.63. The molecule has 0 saturated carbocycles. The molecule has 4 heteroatoms. The van der Waals surface area contributed by atoms with Gasteiger partial charge in [0.05, 0.1) is 0 Å². The molecule has 1 atom stereocenters. The Bertz CT molecular complexity index is 508. The number of nitrogens with zero attached hydrogens (tertiary/aromatic N) is 4. The standard InChI is InChI=1S/C20H34N4/c1-17(2)24-13-11-22(12-14-24)8-4-9-23-10-6-19(16-23)20-15-18(3)5-7-21-20/h5,7,15,17,19H,4,6,8-14,16H2,1-3H3. The Morgan fingerprint density at radius 1 is 1.08 bits per heavy atom. The molecule has 0 N–H and O–H groups in total. The van der Waals surface area contributed by atoms with Crippen molar-refractivity contribution in [2.24, 2.45) is 0 Å². The first-order valence-electron chi connectivity index (χ1n) is 9.73. The number of rotatable bonds is 6. The fraction of sp³-hybridized carbons (Fsp3) is 0.750. The van der Waals surface area contributed by atoms with Gasteiger partial charge in [0, 0.05) is 56.6 Å². The molecule has 1 unspecified atom stereocenters. The summed E-state index contributed by atoms with van der Waals surface area (Å²) < 4.78 is 0. The molecule has 4 nitrogen and oxygen atoms in total. The van der Waals surface area contributed by atoms with Crippen LogP contribution in [0.25, 0.3) is 0 Å². The normalized spacial score (nSPS) is 24.1. The van der Waals surface area contributed by atoms with Crippen molar-refractivity contribution in [3.8, 4) is 0 Å². The molecule has 2 aliphatic heterocycles. The highest BCUT2D eigenvalue weighted by Gasteiger charge is 2.25. The van der Waals surface area contributed by atoms with Crippen LogP contribution in [0.3, 0.4) is 0 Å². The van der Waals surface area contributed by atoms with Crippen molar-refractivity contribution in [2.45, 2.75) is 45.6 Å². The number of aromatic nitrogens is 1. The summed E-state index contributed by atoms with van der Waals surface area (Å²) in [5.74, 6) is 0.638. The third kappa shape index (κ3) is 4.78. The summed E-state index contributed by atoms with van der Waals surface area (Å²) >= 11 is 0. The van der Waals surface area contributed by atoms with E-state index in [9.17, 15) is 0 Å². The van der Waals surface area contributed by atoms with Crippen molar-refractivity contribution < 1.29 is 0 Å². The van der Waals surface area contributed by atoms with Gasteiger partial charge >= 0.3 is 0 Å². The summed E-state index contributed by atoms with van der Waals surface area (Å²) in [4.78, 5) is 12.5. The Kier molecular flexibility index (Phi) is 6.25. The van der Waals surface area contributed by atoms with E-state index in [4.69, 9.17) is 0 Å². The molecule has 2 aliphatic rings. The molecule has 24 heavy (non-hydrogen) atoms. The summed E-state index contributed by atoms with van der Waals surface area (Å²) in [6.45, 7) is 16.7. The van der Waals surface area contributed by atoms with E-state index in [1.807, 2.05) is 6.20 Å². The zero-order valence-corrected chi connectivity index (χ0v) is 15.7.